The molecule has 2 aromatic carbocycles. The summed E-state index contributed by atoms with van der Waals surface area (Å²) in [7, 11) is -3.31. The number of alkyl halides is 3. The molecule has 1 aliphatic heterocycles. The van der Waals surface area contributed by atoms with E-state index in [1.807, 2.05) is 13.8 Å². The van der Waals surface area contributed by atoms with Crippen LogP contribution in [0.5, 0.6) is 17.4 Å². The van der Waals surface area contributed by atoms with Crippen LogP contribution in [-0.4, -0.2) is 38.5 Å². The molecule has 0 N–H and O–H groups in total. The molecule has 4 rings (SSSR count). The molecule has 38 heavy (non-hydrogen) atoms. The first-order valence-electron chi connectivity index (χ1n) is 11.5. The number of aromatic nitrogens is 1. The van der Waals surface area contributed by atoms with E-state index in [1.165, 1.54) is 18.2 Å². The first-order valence-corrected chi connectivity index (χ1v) is 13.4. The molecule has 0 bridgehead atoms. The van der Waals surface area contributed by atoms with Crippen LogP contribution >= 0.6 is 0 Å². The Morgan fingerprint density at radius 2 is 1.76 bits per heavy atom. The summed E-state index contributed by atoms with van der Waals surface area (Å²) >= 11 is 0. The van der Waals surface area contributed by atoms with Gasteiger partial charge in [-0.1, -0.05) is 26.0 Å². The fraction of sp³-hybridized carbons (Fsp3) is 0.308. The molecule has 0 saturated carbocycles. The fourth-order valence-corrected chi connectivity index (χ4v) is 4.78. The van der Waals surface area contributed by atoms with E-state index >= 15 is 0 Å². The number of rotatable bonds is 7. The summed E-state index contributed by atoms with van der Waals surface area (Å²) in [5, 5.41) is 0. The van der Waals surface area contributed by atoms with Crippen LogP contribution in [0.4, 0.5) is 23.2 Å². The summed E-state index contributed by atoms with van der Waals surface area (Å²) < 4.78 is 83.8. The zero-order chi connectivity index (χ0) is 27.9. The molecule has 7 nitrogen and oxygen atoms in total. The maximum Gasteiger partial charge on any atom is 0.573 e. The Balaban J connectivity index is 1.48. The molecule has 0 atom stereocenters. The van der Waals surface area contributed by atoms with Crippen LogP contribution in [-0.2, 0) is 26.5 Å². The summed E-state index contributed by atoms with van der Waals surface area (Å²) in [5.74, 6) is -2.42. The lowest BCUT2D eigenvalue weighted by molar-refractivity contribution is -0.275. The number of nitrogens with zero attached hydrogens (tertiary/aromatic N) is 2. The van der Waals surface area contributed by atoms with Crippen molar-refractivity contribution in [3.8, 4) is 17.4 Å². The lowest BCUT2D eigenvalue weighted by atomic mass is 9.91. The van der Waals surface area contributed by atoms with E-state index in [1.54, 1.807) is 23.1 Å². The lowest BCUT2D eigenvalue weighted by Crippen LogP contribution is -2.34. The molecule has 0 aliphatic carbocycles. The quantitative estimate of drug-likeness (QED) is 0.356. The summed E-state index contributed by atoms with van der Waals surface area (Å²) in [6.07, 6.45) is -3.34. The number of sulfone groups is 1. The van der Waals surface area contributed by atoms with E-state index < -0.39 is 33.2 Å². The smallest absolute Gasteiger partial charge is 0.439 e. The highest BCUT2D eigenvalue weighted by molar-refractivity contribution is 7.90. The van der Waals surface area contributed by atoms with Crippen molar-refractivity contribution >= 4 is 21.4 Å². The first kappa shape index (κ1) is 27.4. The van der Waals surface area contributed by atoms with Gasteiger partial charge in [-0.2, -0.15) is 0 Å². The summed E-state index contributed by atoms with van der Waals surface area (Å²) in [6, 6.07) is 12.2. The molecule has 1 aliphatic rings. The topological polar surface area (TPSA) is 85.8 Å². The monoisotopic (exact) mass is 552 g/mol. The zero-order valence-electron chi connectivity index (χ0n) is 20.7. The number of aryl methyl sites for hydroxylation is 1. The molecule has 3 aromatic rings. The summed E-state index contributed by atoms with van der Waals surface area (Å²) in [4.78, 5) is 19.4. The third kappa shape index (κ3) is 6.24. The van der Waals surface area contributed by atoms with Crippen molar-refractivity contribution in [2.24, 2.45) is 0 Å². The van der Waals surface area contributed by atoms with Crippen LogP contribution in [0, 0.1) is 5.82 Å². The van der Waals surface area contributed by atoms with Crippen LogP contribution in [0.1, 0.15) is 31.5 Å². The lowest BCUT2D eigenvalue weighted by Gasteiger charge is -2.20. The first-order chi connectivity index (χ1) is 17.6. The maximum atomic E-state index is 13.7. The van der Waals surface area contributed by atoms with Gasteiger partial charge in [0, 0.05) is 36.8 Å². The number of anilines is 1. The highest BCUT2D eigenvalue weighted by Gasteiger charge is 2.39. The number of amides is 1. The van der Waals surface area contributed by atoms with E-state index in [0.29, 0.717) is 24.3 Å². The Labute approximate surface area is 216 Å². The Bertz CT molecular complexity index is 1470. The van der Waals surface area contributed by atoms with Gasteiger partial charge in [-0.3, -0.25) is 4.79 Å². The van der Waals surface area contributed by atoms with Crippen molar-refractivity contribution in [2.75, 3.05) is 17.7 Å². The molecule has 0 unspecified atom stereocenters. The van der Waals surface area contributed by atoms with Crippen molar-refractivity contribution in [3.63, 3.8) is 0 Å². The van der Waals surface area contributed by atoms with Crippen LogP contribution in [0.3, 0.4) is 0 Å². The van der Waals surface area contributed by atoms with Gasteiger partial charge in [0.15, 0.2) is 21.4 Å². The SMILES string of the molecule is CC1(C)CN(C(=O)CCc2ccc(S(C)(=O)=O)cc2)c2ccc(Oc3ccc(F)c(OC(F)(F)F)c3)nc21. The van der Waals surface area contributed by atoms with Gasteiger partial charge in [-0.25, -0.2) is 17.8 Å². The largest absolute Gasteiger partial charge is 0.573 e. The van der Waals surface area contributed by atoms with Gasteiger partial charge in [-0.15, -0.1) is 13.2 Å². The maximum absolute atomic E-state index is 13.7. The number of benzene rings is 2. The Morgan fingerprint density at radius 1 is 1.08 bits per heavy atom. The second-order valence-corrected chi connectivity index (χ2v) is 11.6. The van der Waals surface area contributed by atoms with Crippen LogP contribution < -0.4 is 14.4 Å². The number of carbonyl (C=O) groups is 1. The van der Waals surface area contributed by atoms with Gasteiger partial charge in [0.05, 0.1) is 16.3 Å². The molecule has 1 amide bonds. The van der Waals surface area contributed by atoms with Gasteiger partial charge < -0.3 is 14.4 Å². The fourth-order valence-electron chi connectivity index (χ4n) is 4.14. The third-order valence-electron chi connectivity index (χ3n) is 5.96. The van der Waals surface area contributed by atoms with Crippen molar-refractivity contribution in [1.29, 1.82) is 0 Å². The van der Waals surface area contributed by atoms with E-state index in [4.69, 9.17) is 4.74 Å². The molecule has 202 valence electrons. The number of pyridine rings is 1. The minimum Gasteiger partial charge on any atom is -0.439 e. The van der Waals surface area contributed by atoms with Crippen molar-refractivity contribution in [2.45, 2.75) is 43.4 Å². The van der Waals surface area contributed by atoms with Gasteiger partial charge >= 0.3 is 6.36 Å². The number of hydrogen-bond acceptors (Lipinski definition) is 6. The molecular formula is C26H24F4N2O5S. The number of halogens is 4. The zero-order valence-corrected chi connectivity index (χ0v) is 21.5. The molecule has 0 fully saturated rings. The van der Waals surface area contributed by atoms with Gasteiger partial charge in [0.1, 0.15) is 5.75 Å². The summed E-state index contributed by atoms with van der Waals surface area (Å²) in [6.45, 7) is 4.14. The Kier molecular flexibility index (Phi) is 7.13. The van der Waals surface area contributed by atoms with Crippen LogP contribution in [0.25, 0.3) is 0 Å². The predicted octanol–water partition coefficient (Wildman–Crippen LogP) is 5.57. The molecular weight excluding hydrogens is 528 g/mol. The molecule has 2 heterocycles. The number of hydrogen-bond donors (Lipinski definition) is 0. The highest BCUT2D eigenvalue weighted by atomic mass is 32.2. The van der Waals surface area contributed by atoms with Crippen LogP contribution in [0.15, 0.2) is 59.5 Å². The average Bonchev–Trinajstić information content (AvgIpc) is 3.09. The Hall–Kier alpha value is -3.67. The van der Waals surface area contributed by atoms with E-state index in [0.717, 1.165) is 30.0 Å². The predicted molar refractivity (Wildman–Crippen MR) is 131 cm³/mol. The third-order valence-corrected chi connectivity index (χ3v) is 7.09. The minimum absolute atomic E-state index is 0.0571. The number of fused-ring (bicyclic) bond motifs is 1. The number of ether oxygens (including phenoxy) is 2. The molecule has 1 aromatic heterocycles. The van der Waals surface area contributed by atoms with E-state index in [2.05, 4.69) is 9.72 Å². The van der Waals surface area contributed by atoms with Crippen LogP contribution in [0.2, 0.25) is 0 Å². The van der Waals surface area contributed by atoms with Crippen molar-refractivity contribution < 1.29 is 40.2 Å². The highest BCUT2D eigenvalue weighted by Crippen LogP contribution is 2.41. The molecule has 0 saturated heterocycles. The number of carbonyl (C=O) groups excluding carboxylic acids is 1. The van der Waals surface area contributed by atoms with Gasteiger partial charge in [0.2, 0.25) is 11.8 Å². The molecule has 0 spiro atoms. The normalized spacial score (nSPS) is 14.8. The second-order valence-electron chi connectivity index (χ2n) is 9.54. The van der Waals surface area contributed by atoms with Crippen molar-refractivity contribution in [1.82, 2.24) is 4.98 Å². The van der Waals surface area contributed by atoms with Crippen molar-refractivity contribution in [3.05, 3.63) is 71.7 Å². The van der Waals surface area contributed by atoms with Gasteiger partial charge in [-0.05, 0) is 42.3 Å². The standard InChI is InChI=1S/C26H24F4N2O5S/c1-25(2)15-32(23(33)13-6-16-4-8-18(9-5-16)38(3,34)35)20-11-12-22(31-24(20)25)36-17-7-10-19(27)21(14-17)37-26(28,29)30/h4-5,7-12,14H,6,13,15H2,1-3H3. The van der Waals surface area contributed by atoms with Gasteiger partial charge in [0.25, 0.3) is 0 Å². The Morgan fingerprint density at radius 3 is 2.39 bits per heavy atom. The molecule has 0 radical (unpaired) electrons. The molecule has 12 heteroatoms. The second kappa shape index (κ2) is 9.90. The summed E-state index contributed by atoms with van der Waals surface area (Å²) in [5.41, 5.74) is 1.42. The average molecular weight is 553 g/mol. The van der Waals surface area contributed by atoms with E-state index in [-0.39, 0.29) is 28.9 Å². The van der Waals surface area contributed by atoms with E-state index in [9.17, 15) is 30.8 Å². The minimum atomic E-state index is -5.06.